The van der Waals surface area contributed by atoms with Gasteiger partial charge in [-0.3, -0.25) is 4.79 Å². The third kappa shape index (κ3) is 4.50. The monoisotopic (exact) mass is 349 g/mol. The second-order valence-electron chi connectivity index (χ2n) is 7.32. The fraction of sp³-hybridized carbons (Fsp3) is 0.632. The van der Waals surface area contributed by atoms with Crippen LogP contribution in [0.3, 0.4) is 0 Å². The minimum Gasteiger partial charge on any atom is -0.341 e. The lowest BCUT2D eigenvalue weighted by Crippen LogP contribution is -2.37. The van der Waals surface area contributed by atoms with Crippen LogP contribution in [-0.4, -0.2) is 74.0 Å². The van der Waals surface area contributed by atoms with Crippen LogP contribution in [0, 0.1) is 5.92 Å². The highest BCUT2D eigenvalue weighted by Gasteiger charge is 2.45. The Bertz CT molecular complexity index is 560. The van der Waals surface area contributed by atoms with E-state index in [0.29, 0.717) is 11.8 Å². The van der Waals surface area contributed by atoms with Crippen LogP contribution in [0.15, 0.2) is 24.3 Å². The van der Waals surface area contributed by atoms with Gasteiger partial charge >= 0.3 is 0 Å². The van der Waals surface area contributed by atoms with E-state index in [4.69, 9.17) is 11.6 Å². The Labute approximate surface area is 150 Å². The normalized spacial score (nSPS) is 24.9. The van der Waals surface area contributed by atoms with Crippen LogP contribution in [0.1, 0.15) is 24.3 Å². The Balaban J connectivity index is 1.50. The summed E-state index contributed by atoms with van der Waals surface area (Å²) in [6.45, 7) is 6.04. The van der Waals surface area contributed by atoms with E-state index in [1.165, 1.54) is 5.56 Å². The molecule has 5 heteroatoms. The molecule has 1 aromatic rings. The highest BCUT2D eigenvalue weighted by molar-refractivity contribution is 6.30. The minimum atomic E-state index is 0.180. The largest absolute Gasteiger partial charge is 0.341 e. The lowest BCUT2D eigenvalue weighted by Gasteiger charge is -2.23. The number of benzene rings is 1. The number of hydrogen-bond donors (Lipinski definition) is 0. The van der Waals surface area contributed by atoms with Crippen molar-refractivity contribution in [3.05, 3.63) is 34.9 Å². The molecule has 24 heavy (non-hydrogen) atoms. The van der Waals surface area contributed by atoms with E-state index in [9.17, 15) is 4.79 Å². The predicted molar refractivity (Wildman–Crippen MR) is 98.5 cm³/mol. The molecule has 0 radical (unpaired) electrons. The highest BCUT2D eigenvalue weighted by atomic mass is 35.5. The zero-order valence-corrected chi connectivity index (χ0v) is 15.5. The molecule has 0 N–H and O–H groups in total. The molecule has 1 aliphatic heterocycles. The number of carbonyl (C=O) groups excluding carboxylic acids is 1. The zero-order chi connectivity index (χ0) is 17.1. The van der Waals surface area contributed by atoms with Crippen molar-refractivity contribution in [3.63, 3.8) is 0 Å². The van der Waals surface area contributed by atoms with Gasteiger partial charge in [0, 0.05) is 43.7 Å². The number of amides is 1. The van der Waals surface area contributed by atoms with Crippen LogP contribution < -0.4 is 0 Å². The Hall–Kier alpha value is -1.10. The summed E-state index contributed by atoms with van der Waals surface area (Å²) in [5.74, 6) is 0.923. The third-order valence-electron chi connectivity index (χ3n) is 5.17. The Morgan fingerprint density at radius 3 is 2.62 bits per heavy atom. The number of halogens is 1. The Morgan fingerprint density at radius 2 is 1.92 bits per heavy atom. The van der Waals surface area contributed by atoms with Gasteiger partial charge in [0.15, 0.2) is 0 Å². The van der Waals surface area contributed by atoms with Gasteiger partial charge in [-0.2, -0.15) is 0 Å². The molecule has 1 saturated heterocycles. The quantitative estimate of drug-likeness (QED) is 0.817. The molecule has 0 aromatic heterocycles. The lowest BCUT2D eigenvalue weighted by atomic mass is 10.1. The van der Waals surface area contributed by atoms with Gasteiger partial charge in [0.25, 0.3) is 0 Å². The highest BCUT2D eigenvalue weighted by Crippen LogP contribution is 2.48. The maximum Gasteiger partial charge on any atom is 0.226 e. The molecule has 1 saturated carbocycles. The maximum atomic E-state index is 12.8. The van der Waals surface area contributed by atoms with Crippen molar-refractivity contribution in [1.29, 1.82) is 0 Å². The first-order valence-corrected chi connectivity index (χ1v) is 9.34. The number of rotatable bonds is 5. The average molecular weight is 350 g/mol. The molecule has 1 aliphatic carbocycles. The molecule has 3 rings (SSSR count). The summed E-state index contributed by atoms with van der Waals surface area (Å²) in [4.78, 5) is 19.6. The van der Waals surface area contributed by atoms with Gasteiger partial charge < -0.3 is 14.7 Å². The third-order valence-corrected chi connectivity index (χ3v) is 5.42. The molecular formula is C19H28ClN3O. The SMILES string of the molecule is CN(C)CCN1CCCN(C(=O)[C@@H]2C[C@@H]2c2ccc(Cl)cc2)CC1. The van der Waals surface area contributed by atoms with Crippen molar-refractivity contribution in [2.24, 2.45) is 5.92 Å². The van der Waals surface area contributed by atoms with E-state index in [1.807, 2.05) is 12.1 Å². The van der Waals surface area contributed by atoms with Crippen molar-refractivity contribution in [3.8, 4) is 0 Å². The van der Waals surface area contributed by atoms with E-state index in [1.54, 1.807) is 0 Å². The summed E-state index contributed by atoms with van der Waals surface area (Å²) in [6.07, 6.45) is 2.07. The van der Waals surface area contributed by atoms with Crippen molar-refractivity contribution in [2.45, 2.75) is 18.8 Å². The Kier molecular flexibility index (Phi) is 5.80. The van der Waals surface area contributed by atoms with E-state index in [2.05, 4.69) is 40.9 Å². The summed E-state index contributed by atoms with van der Waals surface area (Å²) in [5.41, 5.74) is 1.25. The molecule has 0 unspecified atom stereocenters. The molecule has 2 aliphatic rings. The standard InChI is InChI=1S/C19H28ClN3O/c1-21(2)10-11-22-8-3-9-23(13-12-22)19(24)18-14-17(18)15-4-6-16(20)7-5-15/h4-7,17-18H,3,8-14H2,1-2H3/t17-,18-/m1/s1. The van der Waals surface area contributed by atoms with Crippen molar-refractivity contribution in [2.75, 3.05) is 53.4 Å². The number of likely N-dealkylation sites (N-methyl/N-ethyl adjacent to an activating group) is 1. The molecule has 132 valence electrons. The maximum absolute atomic E-state index is 12.8. The molecule has 0 spiro atoms. The lowest BCUT2D eigenvalue weighted by molar-refractivity contribution is -0.132. The molecule has 1 aromatic carbocycles. The topological polar surface area (TPSA) is 26.8 Å². The second kappa shape index (κ2) is 7.85. The van der Waals surface area contributed by atoms with Crippen LogP contribution in [0.5, 0.6) is 0 Å². The molecule has 4 nitrogen and oxygen atoms in total. The van der Waals surface area contributed by atoms with E-state index >= 15 is 0 Å². The van der Waals surface area contributed by atoms with Gasteiger partial charge in [0.05, 0.1) is 0 Å². The molecule has 1 amide bonds. The van der Waals surface area contributed by atoms with E-state index < -0.39 is 0 Å². The van der Waals surface area contributed by atoms with Gasteiger partial charge in [0.2, 0.25) is 5.91 Å². The number of hydrogen-bond acceptors (Lipinski definition) is 3. The first kappa shape index (κ1) is 17.7. The van der Waals surface area contributed by atoms with Gasteiger partial charge in [-0.25, -0.2) is 0 Å². The summed E-state index contributed by atoms with van der Waals surface area (Å²) < 4.78 is 0. The zero-order valence-electron chi connectivity index (χ0n) is 14.7. The summed E-state index contributed by atoms with van der Waals surface area (Å²) in [7, 11) is 4.22. The first-order chi connectivity index (χ1) is 11.5. The summed E-state index contributed by atoms with van der Waals surface area (Å²) >= 11 is 5.95. The number of nitrogens with zero attached hydrogens (tertiary/aromatic N) is 3. The van der Waals surface area contributed by atoms with Crippen LogP contribution in [0.25, 0.3) is 0 Å². The number of carbonyl (C=O) groups is 1. The molecule has 0 bridgehead atoms. The van der Waals surface area contributed by atoms with Gasteiger partial charge in [-0.15, -0.1) is 0 Å². The molecule has 2 atom stereocenters. The first-order valence-electron chi connectivity index (χ1n) is 8.96. The molecular weight excluding hydrogens is 322 g/mol. The Morgan fingerprint density at radius 1 is 1.17 bits per heavy atom. The fourth-order valence-electron chi connectivity index (χ4n) is 3.54. The molecule has 2 fully saturated rings. The van der Waals surface area contributed by atoms with Gasteiger partial charge in [-0.05, 0) is 57.1 Å². The van der Waals surface area contributed by atoms with E-state index in [-0.39, 0.29) is 5.92 Å². The smallest absolute Gasteiger partial charge is 0.226 e. The minimum absolute atomic E-state index is 0.180. The van der Waals surface area contributed by atoms with Gasteiger partial charge in [0.1, 0.15) is 0 Å². The fourth-order valence-corrected chi connectivity index (χ4v) is 3.66. The summed E-state index contributed by atoms with van der Waals surface area (Å²) in [5, 5.41) is 0.757. The van der Waals surface area contributed by atoms with Crippen molar-refractivity contribution in [1.82, 2.24) is 14.7 Å². The van der Waals surface area contributed by atoms with Crippen LogP contribution >= 0.6 is 11.6 Å². The average Bonchev–Trinajstić information content (AvgIpc) is 3.37. The van der Waals surface area contributed by atoms with Crippen LogP contribution in [0.2, 0.25) is 5.02 Å². The van der Waals surface area contributed by atoms with Crippen LogP contribution in [-0.2, 0) is 4.79 Å². The predicted octanol–water partition coefficient (Wildman–Crippen LogP) is 2.54. The van der Waals surface area contributed by atoms with E-state index in [0.717, 1.165) is 57.1 Å². The van der Waals surface area contributed by atoms with Crippen LogP contribution in [0.4, 0.5) is 0 Å². The second-order valence-corrected chi connectivity index (χ2v) is 7.76. The molecule has 1 heterocycles. The van der Waals surface area contributed by atoms with Gasteiger partial charge in [-0.1, -0.05) is 23.7 Å². The van der Waals surface area contributed by atoms with Crippen molar-refractivity contribution < 1.29 is 4.79 Å². The summed E-state index contributed by atoms with van der Waals surface area (Å²) in [6, 6.07) is 7.97. The van der Waals surface area contributed by atoms with Crippen molar-refractivity contribution >= 4 is 17.5 Å².